The van der Waals surface area contributed by atoms with Crippen molar-refractivity contribution in [1.29, 1.82) is 0 Å². The predicted octanol–water partition coefficient (Wildman–Crippen LogP) is 2.12. The first-order chi connectivity index (χ1) is 13.3. The van der Waals surface area contributed by atoms with Crippen molar-refractivity contribution in [2.24, 2.45) is 0 Å². The number of nitrogens with two attached hydrogens (primary N) is 1. The molecular formula is C18H21N7O2S. The van der Waals surface area contributed by atoms with Gasteiger partial charge in [0.2, 0.25) is 11.1 Å². The number of amides is 1. The summed E-state index contributed by atoms with van der Waals surface area (Å²) < 4.78 is 2.92. The Balaban J connectivity index is 1.69. The summed E-state index contributed by atoms with van der Waals surface area (Å²) in [5.41, 5.74) is 2.93. The van der Waals surface area contributed by atoms with Crippen LogP contribution in [-0.2, 0) is 4.79 Å². The Morgan fingerprint density at radius 2 is 1.86 bits per heavy atom. The van der Waals surface area contributed by atoms with Gasteiger partial charge >= 0.3 is 0 Å². The molecule has 9 nitrogen and oxygen atoms in total. The fraction of sp³-hybridized carbons (Fsp3) is 0.278. The highest BCUT2D eigenvalue weighted by Crippen LogP contribution is 2.23. The van der Waals surface area contributed by atoms with E-state index in [-0.39, 0.29) is 11.7 Å². The average molecular weight is 399 g/mol. The van der Waals surface area contributed by atoms with E-state index in [0.717, 1.165) is 11.4 Å². The quantitative estimate of drug-likeness (QED) is 0.370. The zero-order valence-electron chi connectivity index (χ0n) is 16.0. The average Bonchev–Trinajstić information content (AvgIpc) is 3.16. The van der Waals surface area contributed by atoms with Gasteiger partial charge in [-0.05, 0) is 58.0 Å². The van der Waals surface area contributed by atoms with Crippen molar-refractivity contribution in [1.82, 2.24) is 24.7 Å². The molecule has 1 amide bonds. The van der Waals surface area contributed by atoms with Crippen LogP contribution >= 0.6 is 11.8 Å². The van der Waals surface area contributed by atoms with Crippen LogP contribution in [0.15, 0.2) is 35.5 Å². The van der Waals surface area contributed by atoms with Gasteiger partial charge in [-0.3, -0.25) is 9.59 Å². The Hall–Kier alpha value is -3.14. The summed E-state index contributed by atoms with van der Waals surface area (Å²) in [5, 5.41) is 15.3. The molecule has 0 bridgehead atoms. The largest absolute Gasteiger partial charge is 0.334 e. The van der Waals surface area contributed by atoms with E-state index in [9.17, 15) is 9.59 Å². The molecule has 28 heavy (non-hydrogen) atoms. The molecule has 146 valence electrons. The monoisotopic (exact) mass is 399 g/mol. The molecule has 1 aromatic carbocycles. The Labute approximate surface area is 166 Å². The molecule has 0 aliphatic rings. The van der Waals surface area contributed by atoms with E-state index in [0.29, 0.717) is 22.4 Å². The van der Waals surface area contributed by atoms with Gasteiger partial charge in [-0.15, -0.1) is 10.2 Å². The molecule has 2 aromatic heterocycles. The second kappa shape index (κ2) is 7.85. The van der Waals surface area contributed by atoms with Crippen molar-refractivity contribution in [3.63, 3.8) is 0 Å². The van der Waals surface area contributed by atoms with Crippen molar-refractivity contribution in [2.75, 3.05) is 11.2 Å². The van der Waals surface area contributed by atoms with E-state index in [1.807, 2.05) is 19.9 Å². The molecule has 1 unspecified atom stereocenters. The summed E-state index contributed by atoms with van der Waals surface area (Å²) in [5.74, 6) is 6.24. The highest BCUT2D eigenvalue weighted by atomic mass is 32.2. The standard InChI is InChI=1S/C18H21N7O2S/c1-10-9-11(2)25(23-10)17-21-22-18(24(17)19)28-13(4)16(27)20-15-7-5-14(6-8-15)12(3)26/h5-9,13H,19H2,1-4H3,(H,20,27). The van der Waals surface area contributed by atoms with E-state index < -0.39 is 5.25 Å². The lowest BCUT2D eigenvalue weighted by atomic mass is 10.1. The van der Waals surface area contributed by atoms with E-state index in [1.165, 1.54) is 23.4 Å². The molecule has 0 saturated carbocycles. The summed E-state index contributed by atoms with van der Waals surface area (Å²) >= 11 is 1.19. The minimum atomic E-state index is -0.465. The molecule has 3 N–H and O–H groups in total. The van der Waals surface area contributed by atoms with E-state index in [1.54, 1.807) is 35.9 Å². The first-order valence-electron chi connectivity index (χ1n) is 8.59. The molecule has 0 spiro atoms. The number of aryl methyl sites for hydroxylation is 2. The number of aromatic nitrogens is 5. The van der Waals surface area contributed by atoms with E-state index in [2.05, 4.69) is 20.6 Å². The molecule has 0 fully saturated rings. The van der Waals surface area contributed by atoms with Gasteiger partial charge < -0.3 is 11.2 Å². The summed E-state index contributed by atoms with van der Waals surface area (Å²) in [7, 11) is 0. The van der Waals surface area contributed by atoms with Crippen LogP contribution in [0.3, 0.4) is 0 Å². The van der Waals surface area contributed by atoms with Crippen molar-refractivity contribution >= 4 is 29.1 Å². The minimum absolute atomic E-state index is 0.0255. The molecule has 0 aliphatic carbocycles. The maximum Gasteiger partial charge on any atom is 0.271 e. The number of nitrogens with zero attached hydrogens (tertiary/aromatic N) is 5. The number of anilines is 1. The van der Waals surface area contributed by atoms with E-state index in [4.69, 9.17) is 5.84 Å². The summed E-state index contributed by atoms with van der Waals surface area (Å²) in [6.45, 7) is 7.03. The maximum atomic E-state index is 12.5. The van der Waals surface area contributed by atoms with Crippen molar-refractivity contribution in [3.05, 3.63) is 47.3 Å². The Kier molecular flexibility index (Phi) is 5.50. The van der Waals surface area contributed by atoms with Crippen LogP contribution in [0, 0.1) is 13.8 Å². The van der Waals surface area contributed by atoms with Crippen LogP contribution in [0.1, 0.15) is 35.6 Å². The van der Waals surface area contributed by atoms with E-state index >= 15 is 0 Å². The van der Waals surface area contributed by atoms with Crippen LogP contribution in [0.4, 0.5) is 5.69 Å². The molecule has 3 aromatic rings. The number of rotatable bonds is 6. The van der Waals surface area contributed by atoms with Crippen LogP contribution in [-0.4, -0.2) is 41.6 Å². The number of benzene rings is 1. The van der Waals surface area contributed by atoms with Crippen LogP contribution in [0.2, 0.25) is 0 Å². The summed E-state index contributed by atoms with van der Waals surface area (Å²) in [6.07, 6.45) is 0. The summed E-state index contributed by atoms with van der Waals surface area (Å²) in [4.78, 5) is 23.8. The lowest BCUT2D eigenvalue weighted by Crippen LogP contribution is -2.24. The molecule has 3 rings (SSSR count). The minimum Gasteiger partial charge on any atom is -0.334 e. The first kappa shape index (κ1) is 19.6. The van der Waals surface area contributed by atoms with Crippen molar-refractivity contribution in [2.45, 2.75) is 38.1 Å². The van der Waals surface area contributed by atoms with Crippen LogP contribution < -0.4 is 11.2 Å². The third kappa shape index (κ3) is 4.06. The van der Waals surface area contributed by atoms with Gasteiger partial charge in [0.25, 0.3) is 5.95 Å². The van der Waals surface area contributed by atoms with Gasteiger partial charge in [0.05, 0.1) is 10.9 Å². The number of carbonyl (C=O) groups excluding carboxylic acids is 2. The zero-order chi connectivity index (χ0) is 20.4. The van der Waals surface area contributed by atoms with Crippen LogP contribution in [0.5, 0.6) is 0 Å². The number of nitrogens with one attached hydrogen (secondary N) is 1. The molecule has 0 radical (unpaired) electrons. The third-order valence-electron chi connectivity index (χ3n) is 4.06. The maximum absolute atomic E-state index is 12.5. The topological polar surface area (TPSA) is 121 Å². The van der Waals surface area contributed by atoms with Gasteiger partial charge in [-0.2, -0.15) is 5.10 Å². The number of nitrogen functional groups attached to an aromatic ring is 1. The van der Waals surface area contributed by atoms with Gasteiger partial charge in [0.1, 0.15) is 0 Å². The number of thioether (sulfide) groups is 1. The number of ketones is 1. The number of Topliss-reactive ketones (excluding diaryl/α,β-unsaturated/α-hetero) is 1. The second-order valence-corrected chi connectivity index (χ2v) is 7.68. The highest BCUT2D eigenvalue weighted by Gasteiger charge is 2.21. The molecule has 0 aliphatic heterocycles. The smallest absolute Gasteiger partial charge is 0.271 e. The number of hydrogen-bond acceptors (Lipinski definition) is 7. The number of hydrogen-bond donors (Lipinski definition) is 2. The molecule has 0 saturated heterocycles. The Morgan fingerprint density at radius 1 is 1.18 bits per heavy atom. The van der Waals surface area contributed by atoms with Gasteiger partial charge in [0.15, 0.2) is 5.78 Å². The third-order valence-corrected chi connectivity index (χ3v) is 5.11. The molecule has 2 heterocycles. The zero-order valence-corrected chi connectivity index (χ0v) is 16.8. The molecule has 1 atom stereocenters. The van der Waals surface area contributed by atoms with Crippen LogP contribution in [0.25, 0.3) is 5.95 Å². The molecule has 10 heteroatoms. The van der Waals surface area contributed by atoms with Crippen molar-refractivity contribution in [3.8, 4) is 5.95 Å². The lowest BCUT2D eigenvalue weighted by Gasteiger charge is -2.12. The Morgan fingerprint density at radius 3 is 2.43 bits per heavy atom. The predicted molar refractivity (Wildman–Crippen MR) is 107 cm³/mol. The fourth-order valence-electron chi connectivity index (χ4n) is 2.57. The SMILES string of the molecule is CC(=O)c1ccc(NC(=O)C(C)Sc2nnc(-n3nc(C)cc3C)n2N)cc1. The normalized spacial score (nSPS) is 12.0. The van der Waals surface area contributed by atoms with Gasteiger partial charge in [-0.25, -0.2) is 9.36 Å². The number of carbonyl (C=O) groups is 2. The first-order valence-corrected chi connectivity index (χ1v) is 9.47. The second-order valence-electron chi connectivity index (χ2n) is 6.37. The van der Waals surface area contributed by atoms with Gasteiger partial charge in [-0.1, -0.05) is 11.8 Å². The highest BCUT2D eigenvalue weighted by molar-refractivity contribution is 8.00. The van der Waals surface area contributed by atoms with Crippen molar-refractivity contribution < 1.29 is 9.59 Å². The van der Waals surface area contributed by atoms with Gasteiger partial charge in [0, 0.05) is 16.9 Å². The Bertz CT molecular complexity index is 1020. The molecular weight excluding hydrogens is 378 g/mol. The fourth-order valence-corrected chi connectivity index (χ4v) is 3.33. The summed E-state index contributed by atoms with van der Waals surface area (Å²) in [6, 6.07) is 8.64. The lowest BCUT2D eigenvalue weighted by molar-refractivity contribution is -0.115.